The lowest BCUT2D eigenvalue weighted by atomic mass is 9.84. The summed E-state index contributed by atoms with van der Waals surface area (Å²) in [6.45, 7) is 4.32. The lowest BCUT2D eigenvalue weighted by molar-refractivity contribution is 0.595. The Balaban J connectivity index is 1.34. The van der Waals surface area contributed by atoms with Crippen molar-refractivity contribution in [3.8, 4) is 5.82 Å². The van der Waals surface area contributed by atoms with Gasteiger partial charge < -0.3 is 0 Å². The Hall–Kier alpha value is -5.17. The Labute approximate surface area is 223 Å². The van der Waals surface area contributed by atoms with Gasteiger partial charge in [0.05, 0.1) is 39.7 Å². The summed E-state index contributed by atoms with van der Waals surface area (Å²) < 4.78 is 4.08. The van der Waals surface area contributed by atoms with Gasteiger partial charge in [0.2, 0.25) is 0 Å². The number of benzene rings is 2. The van der Waals surface area contributed by atoms with Gasteiger partial charge >= 0.3 is 0 Å². The molecule has 0 atom stereocenters. The van der Waals surface area contributed by atoms with Gasteiger partial charge in [0.15, 0.2) is 5.82 Å². The summed E-state index contributed by atoms with van der Waals surface area (Å²) in [7, 11) is 0. The highest BCUT2D eigenvalue weighted by atomic mass is 15.3. The second kappa shape index (κ2) is 7.91. The molecule has 0 spiro atoms. The van der Waals surface area contributed by atoms with Crippen LogP contribution in [-0.2, 0) is 5.41 Å². The van der Waals surface area contributed by atoms with Crippen LogP contribution in [0.4, 0.5) is 0 Å². The van der Waals surface area contributed by atoms with Crippen LogP contribution in [-0.4, -0.2) is 34.1 Å². The lowest BCUT2D eigenvalue weighted by Gasteiger charge is -2.24. The largest absolute Gasteiger partial charge is 0.290 e. The second-order valence-electron chi connectivity index (χ2n) is 10.3. The Morgan fingerprint density at radius 3 is 2.38 bits per heavy atom. The zero-order chi connectivity index (χ0) is 26.1. The zero-order valence-corrected chi connectivity index (χ0v) is 21.4. The Morgan fingerprint density at radius 2 is 1.46 bits per heavy atom. The fourth-order valence-electron chi connectivity index (χ4n) is 5.55. The van der Waals surface area contributed by atoms with E-state index in [1.807, 2.05) is 65.6 Å². The number of para-hydroxylation sites is 3. The molecule has 7 nitrogen and oxygen atoms in total. The fraction of sp³-hybridized carbons (Fsp3) is 0.0938. The first-order chi connectivity index (χ1) is 19.1. The second-order valence-corrected chi connectivity index (χ2v) is 10.3. The van der Waals surface area contributed by atoms with Crippen LogP contribution >= 0.6 is 0 Å². The summed E-state index contributed by atoms with van der Waals surface area (Å²) >= 11 is 0. The standard InChI is InChI=1S/C32H23N7/c1-32(2,26-14-7-15-28(36-26)39-23-12-5-3-9-20(23)19-34-39)27-17-16-25-30(37-27)29-21(10-8-18-33-29)31-35-22-11-4-6-13-24(22)38(25)31/h3-19H,1-2H3. The van der Waals surface area contributed by atoms with Crippen molar-refractivity contribution in [2.75, 3.05) is 0 Å². The van der Waals surface area contributed by atoms with E-state index in [2.05, 4.69) is 65.8 Å². The first kappa shape index (κ1) is 21.9. The van der Waals surface area contributed by atoms with Gasteiger partial charge in [0.1, 0.15) is 16.7 Å². The van der Waals surface area contributed by atoms with Gasteiger partial charge in [-0.15, -0.1) is 0 Å². The van der Waals surface area contributed by atoms with Gasteiger partial charge in [-0.2, -0.15) is 5.10 Å². The molecule has 2 aromatic carbocycles. The molecule has 0 amide bonds. The average Bonchev–Trinajstić information content (AvgIpc) is 3.59. The van der Waals surface area contributed by atoms with Gasteiger partial charge in [0, 0.05) is 22.4 Å². The summed E-state index contributed by atoms with van der Waals surface area (Å²) in [5, 5.41) is 6.67. The van der Waals surface area contributed by atoms with E-state index in [0.717, 1.165) is 66.7 Å². The third-order valence-electron chi connectivity index (χ3n) is 7.66. The highest BCUT2D eigenvalue weighted by molar-refractivity contribution is 6.10. The summed E-state index contributed by atoms with van der Waals surface area (Å²) in [4.78, 5) is 20.0. The number of hydrogen-bond donors (Lipinski definition) is 0. The van der Waals surface area contributed by atoms with Crippen molar-refractivity contribution in [3.05, 3.63) is 115 Å². The minimum absolute atomic E-state index is 0.472. The molecule has 39 heavy (non-hydrogen) atoms. The van der Waals surface area contributed by atoms with Crippen LogP contribution in [0, 0.1) is 0 Å². The van der Waals surface area contributed by atoms with E-state index in [0.29, 0.717) is 0 Å². The molecule has 186 valence electrons. The molecule has 0 aliphatic rings. The van der Waals surface area contributed by atoms with E-state index < -0.39 is 5.41 Å². The molecule has 0 unspecified atom stereocenters. The van der Waals surface area contributed by atoms with Crippen molar-refractivity contribution in [3.63, 3.8) is 0 Å². The monoisotopic (exact) mass is 505 g/mol. The van der Waals surface area contributed by atoms with Crippen LogP contribution in [0.15, 0.2) is 103 Å². The Kier molecular flexibility index (Phi) is 4.44. The summed E-state index contributed by atoms with van der Waals surface area (Å²) in [6, 6.07) is 30.7. The maximum Gasteiger partial charge on any atom is 0.154 e. The molecular weight excluding hydrogens is 482 g/mol. The Morgan fingerprint density at radius 1 is 0.641 bits per heavy atom. The predicted molar refractivity (Wildman–Crippen MR) is 154 cm³/mol. The molecule has 6 aromatic heterocycles. The van der Waals surface area contributed by atoms with Crippen molar-refractivity contribution >= 4 is 49.5 Å². The third kappa shape index (κ3) is 3.13. The minimum Gasteiger partial charge on any atom is -0.290 e. The quantitative estimate of drug-likeness (QED) is 0.252. The van der Waals surface area contributed by atoms with Crippen LogP contribution in [0.25, 0.3) is 55.3 Å². The van der Waals surface area contributed by atoms with E-state index in [1.54, 1.807) is 0 Å². The SMILES string of the molecule is CC(C)(c1cccc(-n2ncc3ccccc32)n1)c1ccc2c(n1)c1ncccc1c1nc3ccccc3n21. The number of imidazole rings is 1. The highest BCUT2D eigenvalue weighted by Gasteiger charge is 2.28. The fourth-order valence-corrected chi connectivity index (χ4v) is 5.55. The maximum atomic E-state index is 5.26. The van der Waals surface area contributed by atoms with Gasteiger partial charge in [0.25, 0.3) is 0 Å². The van der Waals surface area contributed by atoms with E-state index in [4.69, 9.17) is 19.9 Å². The molecular formula is C32H23N7. The van der Waals surface area contributed by atoms with Crippen molar-refractivity contribution in [2.45, 2.75) is 19.3 Å². The minimum atomic E-state index is -0.472. The summed E-state index contributed by atoms with van der Waals surface area (Å²) in [6.07, 6.45) is 3.69. The van der Waals surface area contributed by atoms with Gasteiger partial charge in [-0.3, -0.25) is 9.38 Å². The van der Waals surface area contributed by atoms with Crippen molar-refractivity contribution in [1.29, 1.82) is 0 Å². The number of rotatable bonds is 3. The third-order valence-corrected chi connectivity index (χ3v) is 7.66. The van der Waals surface area contributed by atoms with E-state index in [-0.39, 0.29) is 0 Å². The van der Waals surface area contributed by atoms with Gasteiger partial charge in [-0.25, -0.2) is 19.6 Å². The van der Waals surface area contributed by atoms with E-state index >= 15 is 0 Å². The molecule has 6 heterocycles. The molecule has 7 heteroatoms. The molecule has 0 saturated carbocycles. The first-order valence-electron chi connectivity index (χ1n) is 13.0. The zero-order valence-electron chi connectivity index (χ0n) is 21.4. The summed E-state index contributed by atoms with van der Waals surface area (Å²) in [5.41, 5.74) is 7.95. The number of hydrogen-bond acceptors (Lipinski definition) is 5. The average molecular weight is 506 g/mol. The number of pyridine rings is 4. The topological polar surface area (TPSA) is 73.8 Å². The van der Waals surface area contributed by atoms with Crippen LogP contribution in [0.1, 0.15) is 25.2 Å². The Bertz CT molecular complexity index is 2220. The molecule has 0 aliphatic carbocycles. The van der Waals surface area contributed by atoms with E-state index in [1.165, 1.54) is 0 Å². The smallest absolute Gasteiger partial charge is 0.154 e. The van der Waals surface area contributed by atoms with Crippen molar-refractivity contribution in [2.24, 2.45) is 0 Å². The normalized spacial score (nSPS) is 12.4. The molecule has 0 N–H and O–H groups in total. The van der Waals surface area contributed by atoms with Crippen LogP contribution in [0.2, 0.25) is 0 Å². The van der Waals surface area contributed by atoms with Crippen LogP contribution < -0.4 is 0 Å². The predicted octanol–water partition coefficient (Wildman–Crippen LogP) is 6.64. The molecule has 8 aromatic rings. The summed E-state index contributed by atoms with van der Waals surface area (Å²) in [5.74, 6) is 0.779. The molecule has 0 saturated heterocycles. The van der Waals surface area contributed by atoms with Crippen molar-refractivity contribution in [1.82, 2.24) is 34.1 Å². The molecule has 0 bridgehead atoms. The van der Waals surface area contributed by atoms with Crippen LogP contribution in [0.5, 0.6) is 0 Å². The van der Waals surface area contributed by atoms with Crippen molar-refractivity contribution < 1.29 is 0 Å². The van der Waals surface area contributed by atoms with Gasteiger partial charge in [-0.1, -0.05) is 36.4 Å². The first-order valence-corrected chi connectivity index (χ1v) is 13.0. The molecule has 0 radical (unpaired) electrons. The number of nitrogens with zero attached hydrogens (tertiary/aromatic N) is 7. The number of aromatic nitrogens is 7. The highest BCUT2D eigenvalue weighted by Crippen LogP contribution is 2.34. The van der Waals surface area contributed by atoms with Gasteiger partial charge in [-0.05, 0) is 68.4 Å². The van der Waals surface area contributed by atoms with E-state index in [9.17, 15) is 0 Å². The molecule has 8 rings (SSSR count). The number of fused-ring (bicyclic) bond motifs is 9. The lowest BCUT2D eigenvalue weighted by Crippen LogP contribution is -2.23. The maximum absolute atomic E-state index is 5.26. The molecule has 0 aliphatic heterocycles. The molecule has 0 fully saturated rings. The van der Waals surface area contributed by atoms with Crippen LogP contribution in [0.3, 0.4) is 0 Å².